The Bertz CT molecular complexity index is 192. The van der Waals surface area contributed by atoms with Gasteiger partial charge in [-0.2, -0.15) is 0 Å². The highest BCUT2D eigenvalue weighted by Crippen LogP contribution is 2.02. The smallest absolute Gasteiger partial charge is 0.335 e. The highest BCUT2D eigenvalue weighted by molar-refractivity contribution is 5.82. The Morgan fingerprint density at radius 1 is 1.29 bits per heavy atom. The van der Waals surface area contributed by atoms with Crippen LogP contribution in [0.15, 0.2) is 24.5 Å². The van der Waals surface area contributed by atoms with Crippen molar-refractivity contribution in [2.45, 2.75) is 46.0 Å². The van der Waals surface area contributed by atoms with Crippen LogP contribution in [0, 0.1) is 0 Å². The second-order valence-electron chi connectivity index (χ2n) is 3.16. The molecule has 0 spiro atoms. The van der Waals surface area contributed by atoms with Crippen LogP contribution in [0.3, 0.4) is 0 Å². The molecule has 0 aromatic carbocycles. The van der Waals surface area contributed by atoms with Crippen LogP contribution in [0.2, 0.25) is 0 Å². The number of hydrogen-bond donors (Lipinski definition) is 0. The van der Waals surface area contributed by atoms with E-state index >= 15 is 0 Å². The quantitative estimate of drug-likeness (QED) is 0.269. The molecule has 0 aliphatic rings. The van der Waals surface area contributed by atoms with E-state index in [1.54, 1.807) is 13.0 Å². The van der Waals surface area contributed by atoms with E-state index in [2.05, 4.69) is 6.92 Å². The molecule has 0 rings (SSSR count). The summed E-state index contributed by atoms with van der Waals surface area (Å²) in [7, 11) is 0. The van der Waals surface area contributed by atoms with Crippen LogP contribution in [0.5, 0.6) is 0 Å². The maximum atomic E-state index is 10.8. The van der Waals surface area contributed by atoms with Crippen LogP contribution in [-0.2, 0) is 9.53 Å². The molecule has 0 aliphatic carbocycles. The van der Waals surface area contributed by atoms with E-state index in [1.165, 1.54) is 38.0 Å². The van der Waals surface area contributed by atoms with Gasteiger partial charge in [0.1, 0.15) is 0 Å². The fraction of sp³-hybridized carbons (Fsp3) is 0.583. The number of rotatable bonds is 7. The molecule has 0 aromatic rings. The Morgan fingerprint density at radius 3 is 2.71 bits per heavy atom. The molecule has 0 aromatic heterocycles. The van der Waals surface area contributed by atoms with Gasteiger partial charge in [-0.25, -0.2) is 4.79 Å². The van der Waals surface area contributed by atoms with Gasteiger partial charge in [0.05, 0.1) is 6.26 Å². The zero-order valence-corrected chi connectivity index (χ0v) is 9.16. The third-order valence-corrected chi connectivity index (χ3v) is 1.81. The number of esters is 1. The lowest BCUT2D eigenvalue weighted by molar-refractivity contribution is -0.132. The predicted molar refractivity (Wildman–Crippen MR) is 58.8 cm³/mol. The maximum Gasteiger partial charge on any atom is 0.335 e. The van der Waals surface area contributed by atoms with Gasteiger partial charge in [0.15, 0.2) is 0 Å². The standard InChI is InChI=1S/C12H20O2/c1-3-5-6-7-8-9-11-14-12(13)10-4-2/h4,9-11H,3,5-8H2,1-2H3. The zero-order chi connectivity index (χ0) is 10.6. The molecule has 0 N–H and O–H groups in total. The van der Waals surface area contributed by atoms with Gasteiger partial charge in [-0.15, -0.1) is 0 Å². The van der Waals surface area contributed by atoms with Crippen molar-refractivity contribution in [2.75, 3.05) is 0 Å². The summed E-state index contributed by atoms with van der Waals surface area (Å²) in [6, 6.07) is 0. The van der Waals surface area contributed by atoms with Gasteiger partial charge in [-0.1, -0.05) is 32.3 Å². The lowest BCUT2D eigenvalue weighted by Crippen LogP contribution is -1.92. The van der Waals surface area contributed by atoms with Gasteiger partial charge in [-0.05, 0) is 25.8 Å². The average Bonchev–Trinajstić information content (AvgIpc) is 2.17. The summed E-state index contributed by atoms with van der Waals surface area (Å²) in [4.78, 5) is 10.8. The molecule has 0 bridgehead atoms. The third-order valence-electron chi connectivity index (χ3n) is 1.81. The highest BCUT2D eigenvalue weighted by atomic mass is 16.5. The van der Waals surface area contributed by atoms with Gasteiger partial charge < -0.3 is 4.74 Å². The van der Waals surface area contributed by atoms with Crippen LogP contribution in [0.4, 0.5) is 0 Å². The van der Waals surface area contributed by atoms with Gasteiger partial charge in [0, 0.05) is 6.08 Å². The highest BCUT2D eigenvalue weighted by Gasteiger charge is 1.89. The number of hydrogen-bond acceptors (Lipinski definition) is 2. The van der Waals surface area contributed by atoms with E-state index in [1.807, 2.05) is 6.08 Å². The third kappa shape index (κ3) is 9.04. The Kier molecular flexibility index (Phi) is 9.28. The molecule has 0 atom stereocenters. The molecule has 0 radical (unpaired) electrons. The number of carbonyl (C=O) groups excluding carboxylic acids is 1. The first-order valence-corrected chi connectivity index (χ1v) is 5.29. The molecule has 0 fully saturated rings. The summed E-state index contributed by atoms with van der Waals surface area (Å²) < 4.78 is 4.78. The van der Waals surface area contributed by atoms with E-state index < -0.39 is 0 Å². The Balaban J connectivity index is 3.31. The molecule has 0 heterocycles. The molecule has 14 heavy (non-hydrogen) atoms. The lowest BCUT2D eigenvalue weighted by atomic mass is 10.1. The fourth-order valence-corrected chi connectivity index (χ4v) is 1.05. The molecule has 0 saturated carbocycles. The number of ether oxygens (including phenoxy) is 1. The van der Waals surface area contributed by atoms with Crippen LogP contribution in [0.1, 0.15) is 46.0 Å². The molecule has 2 nitrogen and oxygen atoms in total. The van der Waals surface area contributed by atoms with Crippen LogP contribution in [-0.4, -0.2) is 5.97 Å². The van der Waals surface area contributed by atoms with Crippen molar-refractivity contribution in [1.82, 2.24) is 0 Å². The first kappa shape index (κ1) is 12.9. The SMILES string of the molecule is CC=CC(=O)OC=CCCCCCC. The van der Waals surface area contributed by atoms with Crippen molar-refractivity contribution in [1.29, 1.82) is 0 Å². The molecule has 80 valence electrons. The summed E-state index contributed by atoms with van der Waals surface area (Å²) in [6.45, 7) is 3.98. The molecule has 0 unspecified atom stereocenters. The van der Waals surface area contributed by atoms with Crippen molar-refractivity contribution in [3.63, 3.8) is 0 Å². The molecule has 0 saturated heterocycles. The first-order chi connectivity index (χ1) is 6.81. The first-order valence-electron chi connectivity index (χ1n) is 5.29. The maximum absolute atomic E-state index is 10.8. The van der Waals surface area contributed by atoms with Crippen LogP contribution >= 0.6 is 0 Å². The van der Waals surface area contributed by atoms with E-state index in [4.69, 9.17) is 4.74 Å². The normalized spacial score (nSPS) is 11.3. The van der Waals surface area contributed by atoms with Crippen molar-refractivity contribution < 1.29 is 9.53 Å². The van der Waals surface area contributed by atoms with E-state index in [0.717, 1.165) is 6.42 Å². The number of unbranched alkanes of at least 4 members (excludes halogenated alkanes) is 4. The second kappa shape index (κ2) is 10.0. The topological polar surface area (TPSA) is 26.3 Å². The summed E-state index contributed by atoms with van der Waals surface area (Å²) >= 11 is 0. The molecular weight excluding hydrogens is 176 g/mol. The van der Waals surface area contributed by atoms with Crippen molar-refractivity contribution >= 4 is 5.97 Å². The molecular formula is C12H20O2. The zero-order valence-electron chi connectivity index (χ0n) is 9.16. The van der Waals surface area contributed by atoms with Crippen molar-refractivity contribution in [3.05, 3.63) is 24.5 Å². The number of carbonyl (C=O) groups is 1. The summed E-state index contributed by atoms with van der Waals surface area (Å²) in [5.41, 5.74) is 0. The van der Waals surface area contributed by atoms with Gasteiger partial charge >= 0.3 is 5.97 Å². The van der Waals surface area contributed by atoms with Crippen molar-refractivity contribution in [2.24, 2.45) is 0 Å². The van der Waals surface area contributed by atoms with Gasteiger partial charge in [-0.3, -0.25) is 0 Å². The molecule has 2 heteroatoms. The fourth-order valence-electron chi connectivity index (χ4n) is 1.05. The second-order valence-corrected chi connectivity index (χ2v) is 3.16. The Hall–Kier alpha value is -1.05. The minimum atomic E-state index is -0.308. The van der Waals surface area contributed by atoms with E-state index in [9.17, 15) is 4.79 Å². The summed E-state index contributed by atoms with van der Waals surface area (Å²) in [5.74, 6) is -0.308. The molecule has 0 aliphatic heterocycles. The van der Waals surface area contributed by atoms with Gasteiger partial charge in [0.25, 0.3) is 0 Å². The van der Waals surface area contributed by atoms with Crippen LogP contribution < -0.4 is 0 Å². The summed E-state index contributed by atoms with van der Waals surface area (Å²) in [5, 5.41) is 0. The number of allylic oxidation sites excluding steroid dienone is 2. The minimum Gasteiger partial charge on any atom is -0.432 e. The van der Waals surface area contributed by atoms with E-state index in [-0.39, 0.29) is 5.97 Å². The Morgan fingerprint density at radius 2 is 2.07 bits per heavy atom. The monoisotopic (exact) mass is 196 g/mol. The largest absolute Gasteiger partial charge is 0.432 e. The van der Waals surface area contributed by atoms with Crippen molar-refractivity contribution in [3.8, 4) is 0 Å². The van der Waals surface area contributed by atoms with Crippen LogP contribution in [0.25, 0.3) is 0 Å². The summed E-state index contributed by atoms with van der Waals surface area (Å²) in [6.07, 6.45) is 12.4. The lowest BCUT2D eigenvalue weighted by Gasteiger charge is -1.94. The Labute approximate surface area is 86.6 Å². The van der Waals surface area contributed by atoms with Gasteiger partial charge in [0.2, 0.25) is 0 Å². The average molecular weight is 196 g/mol. The predicted octanol–water partition coefficient (Wildman–Crippen LogP) is 3.59. The minimum absolute atomic E-state index is 0.308. The molecule has 0 amide bonds. The van der Waals surface area contributed by atoms with E-state index in [0.29, 0.717) is 0 Å².